The van der Waals surface area contributed by atoms with Crippen LogP contribution in [0.3, 0.4) is 0 Å². The molecule has 0 aromatic heterocycles. The summed E-state index contributed by atoms with van der Waals surface area (Å²) in [7, 11) is 0. The molecular weight excluding hydrogens is 238 g/mol. The standard InChI is InChI=1S/C13H18ClNO2/c1-13(2,3)17-9-10-4-6-11(7-5-10)15-12(16)8-14/h4-7H,8-9H2,1-3H3,(H,15,16). The number of alkyl halides is 1. The van der Waals surface area contributed by atoms with Crippen LogP contribution < -0.4 is 5.32 Å². The van der Waals surface area contributed by atoms with Crippen molar-refractivity contribution in [2.75, 3.05) is 11.2 Å². The normalized spacial score (nSPS) is 11.3. The molecule has 1 N–H and O–H groups in total. The van der Waals surface area contributed by atoms with Gasteiger partial charge in [0.2, 0.25) is 5.91 Å². The molecule has 4 heteroatoms. The highest BCUT2D eigenvalue weighted by Crippen LogP contribution is 2.14. The third kappa shape index (κ3) is 5.71. The van der Waals surface area contributed by atoms with Crippen LogP contribution >= 0.6 is 11.6 Å². The second-order valence-corrected chi connectivity index (χ2v) is 5.05. The van der Waals surface area contributed by atoms with Gasteiger partial charge >= 0.3 is 0 Å². The summed E-state index contributed by atoms with van der Waals surface area (Å²) in [5, 5.41) is 2.68. The lowest BCUT2D eigenvalue weighted by Crippen LogP contribution is -2.18. The van der Waals surface area contributed by atoms with Gasteiger partial charge in [0, 0.05) is 5.69 Å². The topological polar surface area (TPSA) is 38.3 Å². The maximum atomic E-state index is 11.1. The monoisotopic (exact) mass is 255 g/mol. The zero-order valence-corrected chi connectivity index (χ0v) is 11.2. The van der Waals surface area contributed by atoms with E-state index in [1.165, 1.54) is 0 Å². The number of hydrogen-bond donors (Lipinski definition) is 1. The lowest BCUT2D eigenvalue weighted by molar-refractivity contribution is -0.113. The molecule has 94 valence electrons. The Balaban J connectivity index is 2.53. The Bertz CT molecular complexity index is 368. The van der Waals surface area contributed by atoms with Gasteiger partial charge in [0.15, 0.2) is 0 Å². The molecule has 1 aromatic rings. The molecule has 0 fully saturated rings. The van der Waals surface area contributed by atoms with Gasteiger partial charge in [0.25, 0.3) is 0 Å². The van der Waals surface area contributed by atoms with Crippen LogP contribution in [0, 0.1) is 0 Å². The molecule has 0 spiro atoms. The highest BCUT2D eigenvalue weighted by Gasteiger charge is 2.09. The minimum Gasteiger partial charge on any atom is -0.371 e. The van der Waals surface area contributed by atoms with Crippen LogP contribution in [0.5, 0.6) is 0 Å². The lowest BCUT2D eigenvalue weighted by atomic mass is 10.1. The average molecular weight is 256 g/mol. The van der Waals surface area contributed by atoms with Crippen molar-refractivity contribution >= 4 is 23.2 Å². The predicted molar refractivity (Wildman–Crippen MR) is 70.3 cm³/mol. The van der Waals surface area contributed by atoms with Gasteiger partial charge in [-0.15, -0.1) is 11.6 Å². The van der Waals surface area contributed by atoms with Gasteiger partial charge in [0.05, 0.1) is 12.2 Å². The van der Waals surface area contributed by atoms with Crippen molar-refractivity contribution in [3.05, 3.63) is 29.8 Å². The number of ether oxygens (including phenoxy) is 1. The summed E-state index contributed by atoms with van der Waals surface area (Å²) in [4.78, 5) is 11.1. The number of carbonyl (C=O) groups is 1. The summed E-state index contributed by atoms with van der Waals surface area (Å²) in [5.74, 6) is -0.236. The van der Waals surface area contributed by atoms with E-state index in [2.05, 4.69) is 5.32 Å². The Morgan fingerprint density at radius 3 is 2.35 bits per heavy atom. The van der Waals surface area contributed by atoms with Crippen molar-refractivity contribution in [3.8, 4) is 0 Å². The van der Waals surface area contributed by atoms with E-state index in [1.54, 1.807) is 0 Å². The van der Waals surface area contributed by atoms with E-state index in [0.29, 0.717) is 6.61 Å². The Labute approximate surface area is 107 Å². The molecule has 1 aromatic carbocycles. The molecule has 0 saturated carbocycles. The first-order valence-corrected chi connectivity index (χ1v) is 6.03. The fourth-order valence-corrected chi connectivity index (χ4v) is 1.25. The van der Waals surface area contributed by atoms with Crippen molar-refractivity contribution < 1.29 is 9.53 Å². The van der Waals surface area contributed by atoms with Crippen molar-refractivity contribution in [3.63, 3.8) is 0 Å². The first-order valence-electron chi connectivity index (χ1n) is 5.49. The van der Waals surface area contributed by atoms with Crippen LogP contribution in [-0.2, 0) is 16.1 Å². The van der Waals surface area contributed by atoms with Gasteiger partial charge in [-0.3, -0.25) is 4.79 Å². The summed E-state index contributed by atoms with van der Waals surface area (Å²) < 4.78 is 5.65. The largest absolute Gasteiger partial charge is 0.371 e. The molecule has 0 saturated heterocycles. The first-order chi connectivity index (χ1) is 7.90. The predicted octanol–water partition coefficient (Wildman–Crippen LogP) is 3.18. The van der Waals surface area contributed by atoms with Crippen LogP contribution in [0.4, 0.5) is 5.69 Å². The first kappa shape index (κ1) is 14.0. The maximum absolute atomic E-state index is 11.1. The Hall–Kier alpha value is -1.06. The van der Waals surface area contributed by atoms with Gasteiger partial charge in [-0.1, -0.05) is 12.1 Å². The van der Waals surface area contributed by atoms with E-state index < -0.39 is 0 Å². The quantitative estimate of drug-likeness (QED) is 0.840. The number of nitrogens with one attached hydrogen (secondary N) is 1. The van der Waals surface area contributed by atoms with Crippen molar-refractivity contribution in [2.45, 2.75) is 33.0 Å². The molecule has 17 heavy (non-hydrogen) atoms. The minimum atomic E-state index is -0.203. The minimum absolute atomic E-state index is 0.0329. The second kappa shape index (κ2) is 6.03. The zero-order valence-electron chi connectivity index (χ0n) is 10.4. The summed E-state index contributed by atoms with van der Waals surface area (Å²) in [6.45, 7) is 6.61. The molecule has 0 bridgehead atoms. The number of amides is 1. The fraction of sp³-hybridized carbons (Fsp3) is 0.462. The van der Waals surface area contributed by atoms with Crippen LogP contribution in [0.15, 0.2) is 24.3 Å². The van der Waals surface area contributed by atoms with Gasteiger partial charge in [0.1, 0.15) is 5.88 Å². The van der Waals surface area contributed by atoms with Crippen LogP contribution in [0.25, 0.3) is 0 Å². The molecule has 1 amide bonds. The maximum Gasteiger partial charge on any atom is 0.239 e. The molecule has 0 heterocycles. The molecule has 0 radical (unpaired) electrons. The van der Waals surface area contributed by atoms with E-state index in [0.717, 1.165) is 11.3 Å². The number of rotatable bonds is 4. The third-order valence-electron chi connectivity index (χ3n) is 2.03. The molecule has 0 aliphatic heterocycles. The van der Waals surface area contributed by atoms with Crippen molar-refractivity contribution in [2.24, 2.45) is 0 Å². The molecule has 0 unspecified atom stereocenters. The number of anilines is 1. The van der Waals surface area contributed by atoms with Crippen molar-refractivity contribution in [1.29, 1.82) is 0 Å². The van der Waals surface area contributed by atoms with Gasteiger partial charge in [-0.2, -0.15) is 0 Å². The third-order valence-corrected chi connectivity index (χ3v) is 2.27. The second-order valence-electron chi connectivity index (χ2n) is 4.78. The smallest absolute Gasteiger partial charge is 0.239 e. The van der Waals surface area contributed by atoms with Crippen molar-refractivity contribution in [1.82, 2.24) is 0 Å². The fourth-order valence-electron chi connectivity index (χ4n) is 1.18. The molecule has 3 nitrogen and oxygen atoms in total. The van der Waals surface area contributed by atoms with Gasteiger partial charge < -0.3 is 10.1 Å². The Kier molecular flexibility index (Phi) is 4.97. The summed E-state index contributed by atoms with van der Waals surface area (Å²) >= 11 is 5.40. The molecule has 0 atom stereocenters. The molecule has 0 aliphatic carbocycles. The zero-order chi connectivity index (χ0) is 12.9. The van der Waals surface area contributed by atoms with E-state index >= 15 is 0 Å². The molecule has 1 rings (SSSR count). The molecule has 0 aliphatic rings. The summed E-state index contributed by atoms with van der Waals surface area (Å²) in [6.07, 6.45) is 0. The summed E-state index contributed by atoms with van der Waals surface area (Å²) in [5.41, 5.74) is 1.67. The van der Waals surface area contributed by atoms with E-state index in [-0.39, 0.29) is 17.4 Å². The highest BCUT2D eigenvalue weighted by atomic mass is 35.5. The van der Waals surface area contributed by atoms with E-state index in [9.17, 15) is 4.79 Å². The highest BCUT2D eigenvalue weighted by molar-refractivity contribution is 6.29. The average Bonchev–Trinajstić information content (AvgIpc) is 2.27. The summed E-state index contributed by atoms with van der Waals surface area (Å²) in [6, 6.07) is 7.53. The molecular formula is C13H18ClNO2. The van der Waals surface area contributed by atoms with E-state index in [4.69, 9.17) is 16.3 Å². The van der Waals surface area contributed by atoms with Crippen LogP contribution in [0.2, 0.25) is 0 Å². The number of hydrogen-bond acceptors (Lipinski definition) is 2. The van der Waals surface area contributed by atoms with E-state index in [1.807, 2.05) is 45.0 Å². The van der Waals surface area contributed by atoms with Gasteiger partial charge in [-0.25, -0.2) is 0 Å². The number of benzene rings is 1. The Morgan fingerprint density at radius 2 is 1.88 bits per heavy atom. The SMILES string of the molecule is CC(C)(C)OCc1ccc(NC(=O)CCl)cc1. The van der Waals surface area contributed by atoms with Crippen LogP contribution in [0.1, 0.15) is 26.3 Å². The van der Waals surface area contributed by atoms with Gasteiger partial charge in [-0.05, 0) is 38.5 Å². The Morgan fingerprint density at radius 1 is 1.29 bits per heavy atom. The lowest BCUT2D eigenvalue weighted by Gasteiger charge is -2.19. The van der Waals surface area contributed by atoms with Crippen LogP contribution in [-0.4, -0.2) is 17.4 Å². The number of halogens is 1. The number of carbonyl (C=O) groups excluding carboxylic acids is 1.